The summed E-state index contributed by atoms with van der Waals surface area (Å²) < 4.78 is 28.3. The van der Waals surface area contributed by atoms with Gasteiger partial charge in [0.15, 0.2) is 0 Å². The third-order valence-electron chi connectivity index (χ3n) is 3.50. The summed E-state index contributed by atoms with van der Waals surface area (Å²) >= 11 is 8.31. The molecule has 1 aromatic rings. The Bertz CT molecular complexity index is 613. The Hall–Kier alpha value is -0.570. The molecule has 0 radical (unpaired) electrons. The summed E-state index contributed by atoms with van der Waals surface area (Å²) in [4.78, 5) is 4.20. The molecule has 0 aliphatic heterocycles. The summed E-state index contributed by atoms with van der Waals surface area (Å²) in [7, 11) is -3.70. The molecular weight excluding hydrogens is 362 g/mol. The SMILES string of the molecule is NC(=S)C1(NS(=O)(=O)c2cncc(Br)c2)CCCCC1. The van der Waals surface area contributed by atoms with Gasteiger partial charge in [0.1, 0.15) is 4.90 Å². The maximum Gasteiger partial charge on any atom is 0.243 e. The van der Waals surface area contributed by atoms with Crippen molar-refractivity contribution in [1.29, 1.82) is 0 Å². The Morgan fingerprint density at radius 1 is 1.35 bits per heavy atom. The van der Waals surface area contributed by atoms with E-state index in [4.69, 9.17) is 18.0 Å². The molecule has 1 aromatic heterocycles. The van der Waals surface area contributed by atoms with Gasteiger partial charge in [-0.15, -0.1) is 0 Å². The number of rotatable bonds is 4. The Labute approximate surface area is 132 Å². The van der Waals surface area contributed by atoms with E-state index >= 15 is 0 Å². The zero-order chi connectivity index (χ0) is 14.8. The van der Waals surface area contributed by atoms with Gasteiger partial charge >= 0.3 is 0 Å². The van der Waals surface area contributed by atoms with Crippen molar-refractivity contribution in [2.24, 2.45) is 5.73 Å². The zero-order valence-corrected chi connectivity index (χ0v) is 14.0. The molecule has 8 heteroatoms. The van der Waals surface area contributed by atoms with Crippen molar-refractivity contribution >= 4 is 43.2 Å². The summed E-state index contributed by atoms with van der Waals surface area (Å²) in [6.07, 6.45) is 7.02. The number of nitrogens with zero attached hydrogens (tertiary/aromatic N) is 1. The van der Waals surface area contributed by atoms with E-state index in [1.807, 2.05) is 0 Å². The molecule has 0 atom stereocenters. The fourth-order valence-corrected chi connectivity index (χ4v) is 4.67. The van der Waals surface area contributed by atoms with Crippen LogP contribution in [-0.4, -0.2) is 23.9 Å². The van der Waals surface area contributed by atoms with Crippen LogP contribution in [0.4, 0.5) is 0 Å². The summed E-state index contributed by atoms with van der Waals surface area (Å²) in [5.74, 6) is 0. The lowest BCUT2D eigenvalue weighted by atomic mass is 9.82. The zero-order valence-electron chi connectivity index (χ0n) is 10.8. The minimum Gasteiger partial charge on any atom is -0.392 e. The number of aromatic nitrogens is 1. The number of nitrogens with two attached hydrogens (primary N) is 1. The van der Waals surface area contributed by atoms with E-state index in [-0.39, 0.29) is 9.88 Å². The van der Waals surface area contributed by atoms with E-state index < -0.39 is 15.6 Å². The highest BCUT2D eigenvalue weighted by atomic mass is 79.9. The van der Waals surface area contributed by atoms with Crippen LogP contribution in [-0.2, 0) is 10.0 Å². The highest BCUT2D eigenvalue weighted by Gasteiger charge is 2.39. The molecule has 0 amide bonds. The van der Waals surface area contributed by atoms with Crippen molar-refractivity contribution < 1.29 is 8.42 Å². The second kappa shape index (κ2) is 6.05. The monoisotopic (exact) mass is 377 g/mol. The second-order valence-corrected chi connectivity index (χ2v) is 7.99. The molecule has 2 rings (SSSR count). The second-order valence-electron chi connectivity index (χ2n) is 4.95. The molecule has 0 saturated heterocycles. The van der Waals surface area contributed by atoms with Crippen LogP contribution in [0.3, 0.4) is 0 Å². The molecule has 0 spiro atoms. The van der Waals surface area contributed by atoms with Gasteiger partial charge in [0.25, 0.3) is 0 Å². The third kappa shape index (κ3) is 3.36. The lowest BCUT2D eigenvalue weighted by Crippen LogP contribution is -2.57. The molecule has 1 aliphatic carbocycles. The molecule has 0 aromatic carbocycles. The van der Waals surface area contributed by atoms with Gasteiger partial charge in [-0.25, -0.2) is 8.42 Å². The normalized spacial score (nSPS) is 18.6. The number of pyridine rings is 1. The van der Waals surface area contributed by atoms with E-state index in [1.165, 1.54) is 18.5 Å². The maximum absolute atomic E-state index is 12.5. The molecule has 0 unspecified atom stereocenters. The van der Waals surface area contributed by atoms with Crippen LogP contribution in [0.25, 0.3) is 0 Å². The molecule has 5 nitrogen and oxygen atoms in total. The average molecular weight is 378 g/mol. The van der Waals surface area contributed by atoms with Gasteiger partial charge in [-0.05, 0) is 34.8 Å². The Morgan fingerprint density at radius 2 is 2.00 bits per heavy atom. The summed E-state index contributed by atoms with van der Waals surface area (Å²) in [5.41, 5.74) is 4.99. The van der Waals surface area contributed by atoms with Crippen LogP contribution in [0.2, 0.25) is 0 Å². The maximum atomic E-state index is 12.5. The van der Waals surface area contributed by atoms with E-state index in [2.05, 4.69) is 25.6 Å². The van der Waals surface area contributed by atoms with Crippen molar-refractivity contribution in [3.8, 4) is 0 Å². The standard InChI is InChI=1S/C12H16BrN3O2S2/c13-9-6-10(8-15-7-9)20(17,18)16-12(11(14)19)4-2-1-3-5-12/h6-8,16H,1-5H2,(H2,14,19). The number of halogens is 1. The molecule has 1 saturated carbocycles. The number of nitrogens with one attached hydrogen (secondary N) is 1. The van der Waals surface area contributed by atoms with Crippen LogP contribution in [0.15, 0.2) is 27.8 Å². The summed E-state index contributed by atoms with van der Waals surface area (Å²) in [5, 5.41) is 0. The van der Waals surface area contributed by atoms with Crippen LogP contribution >= 0.6 is 28.1 Å². The Balaban J connectivity index is 2.32. The van der Waals surface area contributed by atoms with Crippen LogP contribution < -0.4 is 10.5 Å². The fraction of sp³-hybridized carbons (Fsp3) is 0.500. The van der Waals surface area contributed by atoms with Crippen LogP contribution in [0.5, 0.6) is 0 Å². The van der Waals surface area contributed by atoms with E-state index in [1.54, 1.807) is 0 Å². The third-order valence-corrected chi connectivity index (χ3v) is 5.83. The average Bonchev–Trinajstić information content (AvgIpc) is 2.39. The molecule has 1 heterocycles. The minimum atomic E-state index is -3.70. The van der Waals surface area contributed by atoms with Gasteiger partial charge in [0.2, 0.25) is 10.0 Å². The molecular formula is C12H16BrN3O2S2. The first-order chi connectivity index (χ1) is 9.36. The first kappa shape index (κ1) is 15.8. The first-order valence-corrected chi connectivity index (χ1v) is 8.99. The predicted molar refractivity (Wildman–Crippen MR) is 84.9 cm³/mol. The number of sulfonamides is 1. The molecule has 1 fully saturated rings. The van der Waals surface area contributed by atoms with E-state index in [0.29, 0.717) is 17.3 Å². The number of hydrogen-bond donors (Lipinski definition) is 2. The number of thiocarbonyl (C=S) groups is 1. The van der Waals surface area contributed by atoms with Gasteiger partial charge in [-0.2, -0.15) is 4.72 Å². The van der Waals surface area contributed by atoms with Gasteiger partial charge in [0, 0.05) is 16.9 Å². The van der Waals surface area contributed by atoms with Crippen molar-refractivity contribution in [3.05, 3.63) is 22.9 Å². The van der Waals surface area contributed by atoms with Gasteiger partial charge < -0.3 is 5.73 Å². The first-order valence-electron chi connectivity index (χ1n) is 6.30. The van der Waals surface area contributed by atoms with Crippen molar-refractivity contribution in [2.75, 3.05) is 0 Å². The Kier molecular flexibility index (Phi) is 4.78. The lowest BCUT2D eigenvalue weighted by molar-refractivity contribution is 0.353. The molecule has 0 bridgehead atoms. The summed E-state index contributed by atoms with van der Waals surface area (Å²) in [6.45, 7) is 0. The van der Waals surface area contributed by atoms with E-state index in [9.17, 15) is 8.42 Å². The number of hydrogen-bond acceptors (Lipinski definition) is 4. The molecule has 3 N–H and O–H groups in total. The van der Waals surface area contributed by atoms with Gasteiger partial charge in [0.05, 0.1) is 10.5 Å². The van der Waals surface area contributed by atoms with Crippen LogP contribution in [0, 0.1) is 0 Å². The van der Waals surface area contributed by atoms with Gasteiger partial charge in [-0.3, -0.25) is 4.98 Å². The molecule has 110 valence electrons. The highest BCUT2D eigenvalue weighted by Crippen LogP contribution is 2.30. The quantitative estimate of drug-likeness (QED) is 0.784. The Morgan fingerprint density at radius 3 is 2.55 bits per heavy atom. The van der Waals surface area contributed by atoms with Crippen molar-refractivity contribution in [1.82, 2.24) is 9.71 Å². The van der Waals surface area contributed by atoms with Gasteiger partial charge in [-0.1, -0.05) is 31.5 Å². The summed E-state index contributed by atoms with van der Waals surface area (Å²) in [6, 6.07) is 1.51. The van der Waals surface area contributed by atoms with Crippen LogP contribution in [0.1, 0.15) is 32.1 Å². The molecule has 20 heavy (non-hydrogen) atoms. The van der Waals surface area contributed by atoms with E-state index in [0.717, 1.165) is 19.3 Å². The van der Waals surface area contributed by atoms with Crippen molar-refractivity contribution in [2.45, 2.75) is 42.5 Å². The van der Waals surface area contributed by atoms with Crippen molar-refractivity contribution in [3.63, 3.8) is 0 Å². The minimum absolute atomic E-state index is 0.105. The highest BCUT2D eigenvalue weighted by molar-refractivity contribution is 9.10. The lowest BCUT2D eigenvalue weighted by Gasteiger charge is -2.36. The molecule has 1 aliphatic rings. The smallest absolute Gasteiger partial charge is 0.243 e. The predicted octanol–water partition coefficient (Wildman–Crippen LogP) is 2.11. The fourth-order valence-electron chi connectivity index (χ4n) is 2.41. The topological polar surface area (TPSA) is 85.1 Å². The largest absolute Gasteiger partial charge is 0.392 e.